The zero-order valence-corrected chi connectivity index (χ0v) is 11.5. The molecule has 0 spiro atoms. The van der Waals surface area contributed by atoms with Gasteiger partial charge in [0, 0.05) is 12.1 Å². The summed E-state index contributed by atoms with van der Waals surface area (Å²) in [6.07, 6.45) is 0.670. The van der Waals surface area contributed by atoms with Crippen LogP contribution in [0.5, 0.6) is 11.5 Å². The van der Waals surface area contributed by atoms with Gasteiger partial charge in [-0.15, -0.1) is 0 Å². The van der Waals surface area contributed by atoms with Gasteiger partial charge in [-0.05, 0) is 24.1 Å². The van der Waals surface area contributed by atoms with Crippen molar-refractivity contribution < 1.29 is 24.1 Å². The largest absolute Gasteiger partial charge is 0.493 e. The third kappa shape index (κ3) is 1.76. The van der Waals surface area contributed by atoms with Gasteiger partial charge >= 0.3 is 0 Å². The Morgan fingerprint density at radius 2 is 2.00 bits per heavy atom. The lowest BCUT2D eigenvalue weighted by atomic mass is 9.88. The normalized spacial score (nSPS) is 24.9. The lowest BCUT2D eigenvalue weighted by molar-refractivity contribution is -0.208. The van der Waals surface area contributed by atoms with E-state index in [4.69, 9.17) is 14.2 Å². The van der Waals surface area contributed by atoms with Crippen molar-refractivity contribution in [3.8, 4) is 11.5 Å². The predicted molar refractivity (Wildman–Crippen MR) is 69.7 cm³/mol. The minimum Gasteiger partial charge on any atom is -0.493 e. The molecule has 20 heavy (non-hydrogen) atoms. The molecule has 6 nitrogen and oxygen atoms in total. The summed E-state index contributed by atoms with van der Waals surface area (Å²) in [6, 6.07) is 3.57. The van der Waals surface area contributed by atoms with Crippen LogP contribution in [0.3, 0.4) is 0 Å². The standard InChI is InChI=1S/C14H17NO5/c1-18-11-5-9-3-4-15-13(16)7-20-8-14(15,17)10(9)6-12(11)19-2/h5-6,17H,3-4,7-8H2,1-2H3. The summed E-state index contributed by atoms with van der Waals surface area (Å²) in [6.45, 7) is 0.563. The third-order valence-electron chi connectivity index (χ3n) is 3.92. The summed E-state index contributed by atoms with van der Waals surface area (Å²) in [5.41, 5.74) is 0.178. The first kappa shape index (κ1) is 13.2. The van der Waals surface area contributed by atoms with E-state index in [2.05, 4.69) is 0 Å². The second-order valence-electron chi connectivity index (χ2n) is 4.97. The SMILES string of the molecule is COc1cc2c(cc1OC)C1(O)COCC(=O)N1CC2. The van der Waals surface area contributed by atoms with E-state index >= 15 is 0 Å². The number of aliphatic hydroxyl groups is 1. The zero-order valence-electron chi connectivity index (χ0n) is 11.5. The van der Waals surface area contributed by atoms with Crippen LogP contribution in [0.2, 0.25) is 0 Å². The molecule has 1 saturated heterocycles. The van der Waals surface area contributed by atoms with Crippen LogP contribution in [0.15, 0.2) is 12.1 Å². The number of hydrogen-bond acceptors (Lipinski definition) is 5. The van der Waals surface area contributed by atoms with Gasteiger partial charge in [0.25, 0.3) is 5.91 Å². The van der Waals surface area contributed by atoms with Crippen LogP contribution in [-0.2, 0) is 21.7 Å². The maximum Gasteiger partial charge on any atom is 0.251 e. The Balaban J connectivity index is 2.13. The fraction of sp³-hybridized carbons (Fsp3) is 0.500. The second kappa shape index (κ2) is 4.64. The fourth-order valence-corrected chi connectivity index (χ4v) is 2.91. The molecular formula is C14H17NO5. The van der Waals surface area contributed by atoms with Crippen LogP contribution >= 0.6 is 0 Å². The van der Waals surface area contributed by atoms with Gasteiger partial charge in [0.2, 0.25) is 0 Å². The molecule has 0 radical (unpaired) electrons. The number of fused-ring (bicyclic) bond motifs is 3. The van der Waals surface area contributed by atoms with Gasteiger partial charge in [0.1, 0.15) is 6.61 Å². The molecule has 1 aromatic rings. The van der Waals surface area contributed by atoms with E-state index < -0.39 is 5.72 Å². The Morgan fingerprint density at radius 3 is 2.70 bits per heavy atom. The molecule has 108 valence electrons. The first-order valence-corrected chi connectivity index (χ1v) is 6.46. The molecule has 6 heteroatoms. The highest BCUT2D eigenvalue weighted by Crippen LogP contribution is 2.41. The molecule has 0 aliphatic carbocycles. The first-order chi connectivity index (χ1) is 9.60. The van der Waals surface area contributed by atoms with Crippen molar-refractivity contribution in [2.45, 2.75) is 12.1 Å². The molecular weight excluding hydrogens is 262 g/mol. The summed E-state index contributed by atoms with van der Waals surface area (Å²) in [5, 5.41) is 10.9. The second-order valence-corrected chi connectivity index (χ2v) is 4.97. The van der Waals surface area contributed by atoms with Crippen LogP contribution in [0.25, 0.3) is 0 Å². The van der Waals surface area contributed by atoms with E-state index in [1.807, 2.05) is 6.07 Å². The van der Waals surface area contributed by atoms with E-state index in [9.17, 15) is 9.90 Å². The predicted octanol–water partition coefficient (Wildman–Crippen LogP) is 0.264. The van der Waals surface area contributed by atoms with Crippen molar-refractivity contribution in [1.82, 2.24) is 4.90 Å². The van der Waals surface area contributed by atoms with E-state index in [-0.39, 0.29) is 19.1 Å². The topological polar surface area (TPSA) is 68.2 Å². The Labute approximate surface area is 116 Å². The quantitative estimate of drug-likeness (QED) is 0.841. The van der Waals surface area contributed by atoms with Gasteiger partial charge < -0.3 is 24.2 Å². The van der Waals surface area contributed by atoms with E-state index in [0.717, 1.165) is 5.56 Å². The average molecular weight is 279 g/mol. The summed E-state index contributed by atoms with van der Waals surface area (Å²) < 4.78 is 15.8. The highest BCUT2D eigenvalue weighted by molar-refractivity contribution is 5.79. The summed E-state index contributed by atoms with van der Waals surface area (Å²) in [7, 11) is 3.11. The van der Waals surface area contributed by atoms with Crippen LogP contribution in [0.4, 0.5) is 0 Å². The van der Waals surface area contributed by atoms with Crippen molar-refractivity contribution in [3.05, 3.63) is 23.3 Å². The fourth-order valence-electron chi connectivity index (χ4n) is 2.91. The number of morpholine rings is 1. The molecule has 1 amide bonds. The number of ether oxygens (including phenoxy) is 3. The van der Waals surface area contributed by atoms with E-state index in [1.165, 1.54) is 12.0 Å². The van der Waals surface area contributed by atoms with Crippen molar-refractivity contribution in [3.63, 3.8) is 0 Å². The summed E-state index contributed by atoms with van der Waals surface area (Å²) in [4.78, 5) is 13.4. The highest BCUT2D eigenvalue weighted by atomic mass is 16.5. The lowest BCUT2D eigenvalue weighted by Gasteiger charge is -2.46. The smallest absolute Gasteiger partial charge is 0.251 e. The average Bonchev–Trinajstić information content (AvgIpc) is 2.45. The van der Waals surface area contributed by atoms with Crippen molar-refractivity contribution in [2.75, 3.05) is 34.0 Å². The molecule has 1 aromatic carbocycles. The van der Waals surface area contributed by atoms with Gasteiger partial charge in [-0.2, -0.15) is 0 Å². The number of carbonyl (C=O) groups is 1. The zero-order chi connectivity index (χ0) is 14.3. The molecule has 1 atom stereocenters. The Morgan fingerprint density at radius 1 is 1.30 bits per heavy atom. The molecule has 2 aliphatic heterocycles. The Bertz CT molecular complexity index is 559. The Hall–Kier alpha value is -1.79. The maximum absolute atomic E-state index is 11.9. The van der Waals surface area contributed by atoms with E-state index in [1.54, 1.807) is 13.2 Å². The van der Waals surface area contributed by atoms with Crippen LogP contribution in [-0.4, -0.2) is 49.9 Å². The molecule has 2 aliphatic rings. The van der Waals surface area contributed by atoms with Crippen LogP contribution in [0.1, 0.15) is 11.1 Å². The van der Waals surface area contributed by atoms with Gasteiger partial charge in [-0.25, -0.2) is 0 Å². The van der Waals surface area contributed by atoms with Crippen molar-refractivity contribution in [2.24, 2.45) is 0 Å². The van der Waals surface area contributed by atoms with Crippen LogP contribution < -0.4 is 9.47 Å². The molecule has 0 bridgehead atoms. The molecule has 1 fully saturated rings. The number of methoxy groups -OCH3 is 2. The molecule has 3 rings (SSSR count). The summed E-state index contributed by atoms with van der Waals surface area (Å²) in [5.74, 6) is 0.949. The molecule has 0 aromatic heterocycles. The minimum atomic E-state index is -1.41. The maximum atomic E-state index is 11.9. The van der Waals surface area contributed by atoms with Gasteiger partial charge in [-0.3, -0.25) is 4.79 Å². The monoisotopic (exact) mass is 279 g/mol. The Kier molecular flexibility index (Phi) is 3.07. The van der Waals surface area contributed by atoms with Gasteiger partial charge in [0.05, 0.1) is 20.8 Å². The number of rotatable bonds is 2. The van der Waals surface area contributed by atoms with Crippen molar-refractivity contribution in [1.29, 1.82) is 0 Å². The van der Waals surface area contributed by atoms with Gasteiger partial charge in [-0.1, -0.05) is 0 Å². The van der Waals surface area contributed by atoms with E-state index in [0.29, 0.717) is 30.0 Å². The lowest BCUT2D eigenvalue weighted by Crippen LogP contribution is -2.60. The molecule has 1 unspecified atom stereocenters. The summed E-state index contributed by atoms with van der Waals surface area (Å²) >= 11 is 0. The number of amides is 1. The van der Waals surface area contributed by atoms with Crippen molar-refractivity contribution >= 4 is 5.91 Å². The number of benzene rings is 1. The number of carbonyl (C=O) groups excluding carboxylic acids is 1. The third-order valence-corrected chi connectivity index (χ3v) is 3.92. The first-order valence-electron chi connectivity index (χ1n) is 6.46. The van der Waals surface area contributed by atoms with Crippen LogP contribution in [0, 0.1) is 0 Å². The number of hydrogen-bond donors (Lipinski definition) is 1. The molecule has 2 heterocycles. The molecule has 1 N–H and O–H groups in total. The highest BCUT2D eigenvalue weighted by Gasteiger charge is 2.47. The van der Waals surface area contributed by atoms with Gasteiger partial charge in [0.15, 0.2) is 17.2 Å². The molecule has 0 saturated carbocycles. The minimum absolute atomic E-state index is 0.0188. The number of nitrogens with zero attached hydrogens (tertiary/aromatic N) is 1.